The molecule has 248 valence electrons. The Bertz CT molecular complexity index is 771. The third-order valence-corrected chi connectivity index (χ3v) is 4.28. The minimum Gasteiger partial charge on any atom is -0.462 e. The molecule has 0 spiro atoms. The molecule has 0 atom stereocenters. The van der Waals surface area contributed by atoms with Gasteiger partial charge in [0.15, 0.2) is 0 Å². The molecule has 0 saturated heterocycles. The van der Waals surface area contributed by atoms with Crippen molar-refractivity contribution in [2.45, 2.75) is 159 Å². The van der Waals surface area contributed by atoms with E-state index in [1.54, 1.807) is 0 Å². The minimum absolute atomic E-state index is 0. The van der Waals surface area contributed by atoms with E-state index in [0.717, 1.165) is 5.57 Å². The maximum atomic E-state index is 5.19. The summed E-state index contributed by atoms with van der Waals surface area (Å²) >= 11 is 0. The normalized spacial score (nSPS) is 11.2. The Morgan fingerprint density at radius 1 is 0.422 bits per heavy atom. The van der Waals surface area contributed by atoms with Crippen LogP contribution in [-0.2, 0) is 77.9 Å². The summed E-state index contributed by atoms with van der Waals surface area (Å²) in [7, 11) is 0. The third-order valence-electron chi connectivity index (χ3n) is 4.28. The van der Waals surface area contributed by atoms with E-state index >= 15 is 0 Å². The van der Waals surface area contributed by atoms with Crippen LogP contribution in [0.1, 0.15) is 111 Å². The predicted molar refractivity (Wildman–Crippen MR) is 191 cm³/mol. The number of guanidine groups is 1. The zero-order chi connectivity index (χ0) is 29.0. The van der Waals surface area contributed by atoms with Crippen LogP contribution < -0.4 is 0 Å². The molecule has 12 heteroatoms. The Kier molecular flexibility index (Phi) is 51.1. The first kappa shape index (κ1) is 67.4. The molecule has 0 aromatic rings. The summed E-state index contributed by atoms with van der Waals surface area (Å²) in [6, 6.07) is 0.280. The molecule has 0 rings (SSSR count). The Labute approximate surface area is 334 Å². The van der Waals surface area contributed by atoms with Crippen LogP contribution in [0.15, 0.2) is 26.4 Å². The van der Waals surface area contributed by atoms with Crippen LogP contribution in [0.4, 0.5) is 0 Å². The quantitative estimate of drug-likeness (QED) is 0.0832. The average molecular weight is 839 g/mol. The monoisotopic (exact) mass is 832 g/mol. The van der Waals surface area contributed by atoms with Crippen molar-refractivity contribution in [3.8, 4) is 0 Å². The standard InChI is InChI=1S/C29H56N8.4CH3.4Zn/c1-17(2)30-26(31-18(3)4)25(27(32-19(5)6)33-20(7)8)28(34-21(9)10)37(24(15)16)29(35-22(11)12)36-23(13)14;;;;;;;;/h17-24H,1-16H3;4*1H3;;;;/q-4;4*-1;4*+2. The summed E-state index contributed by atoms with van der Waals surface area (Å²) in [5.41, 5.74) is 0.739. The van der Waals surface area contributed by atoms with Crippen LogP contribution in [0.3, 0.4) is 0 Å². The molecule has 0 amide bonds. The first-order valence-corrected chi connectivity index (χ1v) is 14.1. The van der Waals surface area contributed by atoms with E-state index in [9.17, 15) is 0 Å². The fraction of sp³-hybridized carbons (Fsp3) is 0.727. The van der Waals surface area contributed by atoms with Gasteiger partial charge < -0.3 is 70.9 Å². The fourth-order valence-corrected chi connectivity index (χ4v) is 3.28. The minimum atomic E-state index is 0. The molecular formula is C33H68N8Zn4. The molecule has 0 radical (unpaired) electrons. The predicted octanol–water partition coefficient (Wildman–Crippen LogP) is 10.2. The van der Waals surface area contributed by atoms with Gasteiger partial charge >= 0.3 is 77.9 Å². The molecule has 0 saturated carbocycles. The Hall–Kier alpha value is 0.244. The van der Waals surface area contributed by atoms with Crippen molar-refractivity contribution in [1.29, 1.82) is 0 Å². The Morgan fingerprint density at radius 2 is 0.711 bits per heavy atom. The van der Waals surface area contributed by atoms with Gasteiger partial charge in [-0.2, -0.15) is 0 Å². The van der Waals surface area contributed by atoms with Gasteiger partial charge in [-0.1, -0.05) is 122 Å². The van der Waals surface area contributed by atoms with Gasteiger partial charge in [-0.25, -0.2) is 0 Å². The van der Waals surface area contributed by atoms with Crippen molar-refractivity contribution in [2.75, 3.05) is 0 Å². The molecular weight excluding hydrogens is 770 g/mol. The van der Waals surface area contributed by atoms with Crippen molar-refractivity contribution in [2.24, 2.45) is 15.0 Å². The van der Waals surface area contributed by atoms with E-state index in [0.29, 0.717) is 23.5 Å². The molecule has 45 heavy (non-hydrogen) atoms. The van der Waals surface area contributed by atoms with Crippen molar-refractivity contribution in [3.63, 3.8) is 0 Å². The number of rotatable bonds is 12. The summed E-state index contributed by atoms with van der Waals surface area (Å²) in [6.07, 6.45) is 0. The van der Waals surface area contributed by atoms with Gasteiger partial charge in [-0.15, -0.1) is 0 Å². The van der Waals surface area contributed by atoms with Crippen molar-refractivity contribution in [1.82, 2.24) is 4.90 Å². The first-order valence-electron chi connectivity index (χ1n) is 14.1. The maximum Gasteiger partial charge on any atom is 2.00 e. The van der Waals surface area contributed by atoms with Gasteiger partial charge in [-0.05, 0) is 59.7 Å². The first-order chi connectivity index (χ1) is 17.0. The molecule has 0 aliphatic heterocycles. The number of nitrogens with zero attached hydrogens (tertiary/aromatic N) is 8. The third kappa shape index (κ3) is 28.9. The van der Waals surface area contributed by atoms with E-state index in [4.69, 9.17) is 36.2 Å². The molecule has 0 heterocycles. The molecule has 0 aromatic carbocycles. The van der Waals surface area contributed by atoms with Crippen LogP contribution in [0.25, 0.3) is 21.3 Å². The van der Waals surface area contributed by atoms with Gasteiger partial charge in [0, 0.05) is 5.96 Å². The van der Waals surface area contributed by atoms with Crippen molar-refractivity contribution >= 4 is 17.6 Å². The topological polar surface area (TPSA) is 96.7 Å². The van der Waals surface area contributed by atoms with Gasteiger partial charge in [0.25, 0.3) is 0 Å². The molecule has 0 aliphatic carbocycles. The van der Waals surface area contributed by atoms with Gasteiger partial charge in [0.1, 0.15) is 0 Å². The van der Waals surface area contributed by atoms with Gasteiger partial charge in [-0.3, -0.25) is 0 Å². The Balaban J connectivity index is -0.000000231. The summed E-state index contributed by atoms with van der Waals surface area (Å²) in [5, 5.41) is 20.1. The molecule has 0 aromatic heterocycles. The van der Waals surface area contributed by atoms with E-state index in [2.05, 4.69) is 116 Å². The Morgan fingerprint density at radius 3 is 0.933 bits per heavy atom. The second-order valence-corrected chi connectivity index (χ2v) is 11.7. The zero-order valence-electron chi connectivity index (χ0n) is 33.5. The number of hydrogen-bond donors (Lipinski definition) is 0. The molecule has 8 nitrogen and oxygen atoms in total. The van der Waals surface area contributed by atoms with E-state index in [-0.39, 0.29) is 156 Å². The summed E-state index contributed by atoms with van der Waals surface area (Å²) in [4.78, 5) is 17.1. The molecule has 0 bridgehead atoms. The smallest absolute Gasteiger partial charge is 0.462 e. The number of amidine groups is 2. The van der Waals surface area contributed by atoms with Crippen molar-refractivity contribution in [3.05, 3.63) is 62.4 Å². The summed E-state index contributed by atoms with van der Waals surface area (Å²) in [6.45, 7) is 33.2. The van der Waals surface area contributed by atoms with E-state index in [1.165, 1.54) is 0 Å². The zero-order valence-corrected chi connectivity index (χ0v) is 45.4. The van der Waals surface area contributed by atoms with Crippen molar-refractivity contribution < 1.29 is 77.9 Å². The van der Waals surface area contributed by atoms with Crippen LogP contribution in [0.2, 0.25) is 0 Å². The van der Waals surface area contributed by atoms with Crippen LogP contribution in [0.5, 0.6) is 0 Å². The van der Waals surface area contributed by atoms with Gasteiger partial charge in [0.2, 0.25) is 0 Å². The second kappa shape index (κ2) is 34.1. The van der Waals surface area contributed by atoms with Crippen LogP contribution in [-0.4, -0.2) is 70.9 Å². The molecule has 0 aliphatic rings. The number of aliphatic imine (C=N–C) groups is 3. The molecule has 0 unspecified atom stereocenters. The van der Waals surface area contributed by atoms with Gasteiger partial charge in [0.05, 0.1) is 0 Å². The molecule has 0 N–H and O–H groups in total. The van der Waals surface area contributed by atoms with Crippen LogP contribution >= 0.6 is 0 Å². The van der Waals surface area contributed by atoms with E-state index < -0.39 is 0 Å². The fourth-order valence-electron chi connectivity index (χ4n) is 3.28. The van der Waals surface area contributed by atoms with Crippen LogP contribution in [0, 0.1) is 29.7 Å². The SMILES string of the molecule is CC(C)N=C([N-]C(C)C)C(C(=NC(C)C)[N-]C(C)C)=C([N-]C(C)C)N(C(=NC(C)C)[N-]C(C)C)C(C)C.[CH3-].[CH3-].[CH3-].[CH3-].[Zn+2].[Zn+2].[Zn+2].[Zn+2]. The molecule has 0 fully saturated rings. The summed E-state index contributed by atoms with van der Waals surface area (Å²) in [5.74, 6) is 2.60. The summed E-state index contributed by atoms with van der Waals surface area (Å²) < 4.78 is 0. The second-order valence-electron chi connectivity index (χ2n) is 11.7. The maximum absolute atomic E-state index is 5.19. The number of hydrogen-bond acceptors (Lipinski definition) is 3. The largest absolute Gasteiger partial charge is 2.00 e. The average Bonchev–Trinajstić information content (AvgIpc) is 2.64. The van der Waals surface area contributed by atoms with E-state index in [1.807, 2.05) is 0 Å².